The third-order valence-electron chi connectivity index (χ3n) is 9.99. The summed E-state index contributed by atoms with van der Waals surface area (Å²) in [5, 5.41) is 0. The molecule has 0 aliphatic rings. The van der Waals surface area contributed by atoms with Crippen LogP contribution < -0.4 is 0 Å². The number of hydrogen-bond donors (Lipinski definition) is 0. The number of carbonyl (C=O) groups excluding carboxylic acids is 2. The van der Waals surface area contributed by atoms with Gasteiger partial charge in [0.1, 0.15) is 6.61 Å². The lowest BCUT2D eigenvalue weighted by Crippen LogP contribution is -2.30. The molecule has 0 aromatic heterocycles. The molecule has 0 aliphatic heterocycles. The third-order valence-corrected chi connectivity index (χ3v) is 9.99. The van der Waals surface area contributed by atoms with Crippen molar-refractivity contribution in [3.8, 4) is 0 Å². The molecule has 0 spiro atoms. The SMILES string of the molecule is CC/C=C\C/C=C\C/C=C\C/C=C\CCC(=O)OCC(COCCCCCCCCCCCC/C=C\C/C=C\CCCCC)OC(=O)CC/C=C\C/C=C\C/C=C\C/C=C\CC. The van der Waals surface area contributed by atoms with E-state index < -0.39 is 6.10 Å². The average Bonchev–Trinajstić information content (AvgIpc) is 3.27. The highest BCUT2D eigenvalue weighted by molar-refractivity contribution is 5.70. The molecular weight excluding hydrogens is 765 g/mol. The summed E-state index contributed by atoms with van der Waals surface area (Å²) in [5.41, 5.74) is 0. The minimum atomic E-state index is -0.612. The van der Waals surface area contributed by atoms with Gasteiger partial charge in [-0.15, -0.1) is 0 Å². The summed E-state index contributed by atoms with van der Waals surface area (Å²) < 4.78 is 17.2. The van der Waals surface area contributed by atoms with Gasteiger partial charge in [-0.05, 0) is 103 Å². The largest absolute Gasteiger partial charge is 0.462 e. The number of ether oxygens (including phenoxy) is 3. The van der Waals surface area contributed by atoms with Crippen molar-refractivity contribution in [2.24, 2.45) is 0 Å². The second-order valence-corrected chi connectivity index (χ2v) is 15.9. The zero-order valence-electron chi connectivity index (χ0n) is 40.1. The number of hydrogen-bond acceptors (Lipinski definition) is 5. The number of rotatable bonds is 44. The number of unbranched alkanes of at least 4 members (excludes halogenated alkanes) is 13. The van der Waals surface area contributed by atoms with Gasteiger partial charge in [0.05, 0.1) is 6.61 Å². The molecule has 0 rings (SSSR count). The van der Waals surface area contributed by atoms with E-state index in [9.17, 15) is 9.59 Å². The topological polar surface area (TPSA) is 61.8 Å². The van der Waals surface area contributed by atoms with Gasteiger partial charge in [-0.1, -0.05) is 206 Å². The van der Waals surface area contributed by atoms with Crippen LogP contribution in [0.3, 0.4) is 0 Å². The Hall–Kier alpha value is -3.70. The van der Waals surface area contributed by atoms with Crippen molar-refractivity contribution in [2.45, 2.75) is 207 Å². The molecule has 5 heteroatoms. The van der Waals surface area contributed by atoms with Gasteiger partial charge in [-0.25, -0.2) is 0 Å². The van der Waals surface area contributed by atoms with Gasteiger partial charge in [-0.2, -0.15) is 0 Å². The molecule has 0 heterocycles. The van der Waals surface area contributed by atoms with Crippen molar-refractivity contribution in [1.29, 1.82) is 0 Å². The summed E-state index contributed by atoms with van der Waals surface area (Å²) in [6.07, 6.45) is 72.4. The molecule has 0 saturated carbocycles. The Morgan fingerprint density at radius 1 is 0.371 bits per heavy atom. The fourth-order valence-corrected chi connectivity index (χ4v) is 6.33. The van der Waals surface area contributed by atoms with Gasteiger partial charge in [0.2, 0.25) is 0 Å². The maximum atomic E-state index is 12.7. The molecule has 62 heavy (non-hydrogen) atoms. The van der Waals surface area contributed by atoms with Gasteiger partial charge >= 0.3 is 11.9 Å². The molecule has 0 fully saturated rings. The van der Waals surface area contributed by atoms with Gasteiger partial charge < -0.3 is 14.2 Å². The molecule has 0 bridgehead atoms. The van der Waals surface area contributed by atoms with E-state index in [0.717, 1.165) is 70.6 Å². The molecule has 0 amide bonds. The second-order valence-electron chi connectivity index (χ2n) is 15.9. The lowest BCUT2D eigenvalue weighted by atomic mass is 10.1. The Morgan fingerprint density at radius 3 is 1.16 bits per heavy atom. The smallest absolute Gasteiger partial charge is 0.306 e. The quantitative estimate of drug-likeness (QED) is 0.0347. The Balaban J connectivity index is 4.40. The Morgan fingerprint density at radius 2 is 0.726 bits per heavy atom. The fraction of sp³-hybridized carbons (Fsp3) is 0.614. The monoisotopic (exact) mass is 857 g/mol. The predicted molar refractivity (Wildman–Crippen MR) is 269 cm³/mol. The van der Waals surface area contributed by atoms with Crippen LogP contribution in [0.15, 0.2) is 122 Å². The zero-order valence-corrected chi connectivity index (χ0v) is 40.1. The van der Waals surface area contributed by atoms with E-state index in [2.05, 4.69) is 130 Å². The molecule has 0 saturated heterocycles. The van der Waals surface area contributed by atoms with Crippen molar-refractivity contribution >= 4 is 11.9 Å². The van der Waals surface area contributed by atoms with Crippen molar-refractivity contribution in [1.82, 2.24) is 0 Å². The Kier molecular flexibility index (Phi) is 48.6. The van der Waals surface area contributed by atoms with Crippen molar-refractivity contribution in [3.63, 3.8) is 0 Å². The standard InChI is InChI=1S/C57H92O5/c1-4-7-10-13-16-19-22-25-26-27-28-29-30-31-34-37-40-43-46-49-52-60-53-55(62-57(59)51-48-45-42-39-36-33-24-21-18-15-12-9-6-3)54-61-56(58)50-47-44-41-38-35-32-23-20-17-14-11-8-5-2/h8-9,11-12,16-21,25-26,32-33,35-36,41-42,44-45,55H,4-7,10,13-15,22-24,27-31,34,37-40,43,46-54H2,1-3H3/b11-8-,12-9-,19-16-,20-17-,21-18-,26-25-,35-32-,36-33-,44-41-,45-42-. The van der Waals surface area contributed by atoms with Gasteiger partial charge in [0, 0.05) is 19.4 Å². The summed E-state index contributed by atoms with van der Waals surface area (Å²) in [6, 6.07) is 0. The molecule has 1 atom stereocenters. The molecule has 1 unspecified atom stereocenters. The molecular formula is C57H92O5. The van der Waals surface area contributed by atoms with Crippen LogP contribution in [0, 0.1) is 0 Å². The molecule has 350 valence electrons. The van der Waals surface area contributed by atoms with Crippen LogP contribution in [0.5, 0.6) is 0 Å². The fourth-order valence-electron chi connectivity index (χ4n) is 6.33. The summed E-state index contributed by atoms with van der Waals surface area (Å²) >= 11 is 0. The van der Waals surface area contributed by atoms with Crippen LogP contribution in [-0.4, -0.2) is 37.9 Å². The zero-order chi connectivity index (χ0) is 44.9. The van der Waals surface area contributed by atoms with E-state index in [1.165, 1.54) is 83.5 Å². The maximum absolute atomic E-state index is 12.7. The second kappa shape index (κ2) is 51.6. The van der Waals surface area contributed by atoms with Gasteiger partial charge in [0.25, 0.3) is 0 Å². The van der Waals surface area contributed by atoms with E-state index in [0.29, 0.717) is 19.4 Å². The first-order chi connectivity index (χ1) is 30.6. The van der Waals surface area contributed by atoms with Crippen LogP contribution in [0.2, 0.25) is 0 Å². The summed E-state index contributed by atoms with van der Waals surface area (Å²) in [6.45, 7) is 7.39. The van der Waals surface area contributed by atoms with Gasteiger partial charge in [0.15, 0.2) is 6.10 Å². The van der Waals surface area contributed by atoms with E-state index in [-0.39, 0.29) is 38.0 Å². The minimum Gasteiger partial charge on any atom is -0.462 e. The molecule has 0 aromatic rings. The Bertz CT molecular complexity index is 1290. The van der Waals surface area contributed by atoms with Crippen LogP contribution in [0.1, 0.15) is 201 Å². The first-order valence-electron chi connectivity index (χ1n) is 25.1. The predicted octanol–water partition coefficient (Wildman–Crippen LogP) is 17.0. The number of carbonyl (C=O) groups is 2. The van der Waals surface area contributed by atoms with Crippen molar-refractivity contribution in [2.75, 3.05) is 19.8 Å². The van der Waals surface area contributed by atoms with Crippen LogP contribution in [-0.2, 0) is 23.8 Å². The minimum absolute atomic E-state index is 0.0102. The number of esters is 2. The molecule has 0 aromatic carbocycles. The molecule has 0 N–H and O–H groups in total. The van der Waals surface area contributed by atoms with Crippen LogP contribution in [0.4, 0.5) is 0 Å². The summed E-state index contributed by atoms with van der Waals surface area (Å²) in [5.74, 6) is -0.595. The molecule has 0 radical (unpaired) electrons. The summed E-state index contributed by atoms with van der Waals surface area (Å²) in [7, 11) is 0. The third kappa shape index (κ3) is 49.0. The highest BCUT2D eigenvalue weighted by Crippen LogP contribution is 2.12. The lowest BCUT2D eigenvalue weighted by molar-refractivity contribution is -0.162. The van der Waals surface area contributed by atoms with Crippen molar-refractivity contribution in [3.05, 3.63) is 122 Å². The number of allylic oxidation sites excluding steroid dienone is 20. The van der Waals surface area contributed by atoms with Crippen LogP contribution >= 0.6 is 0 Å². The first-order valence-corrected chi connectivity index (χ1v) is 25.1. The molecule has 5 nitrogen and oxygen atoms in total. The lowest BCUT2D eigenvalue weighted by Gasteiger charge is -2.18. The van der Waals surface area contributed by atoms with E-state index in [1.54, 1.807) is 0 Å². The first kappa shape index (κ1) is 58.3. The highest BCUT2D eigenvalue weighted by atomic mass is 16.6. The van der Waals surface area contributed by atoms with E-state index in [1.807, 2.05) is 12.2 Å². The highest BCUT2D eigenvalue weighted by Gasteiger charge is 2.17. The Labute approximate surface area is 382 Å². The van der Waals surface area contributed by atoms with E-state index >= 15 is 0 Å². The average molecular weight is 857 g/mol. The van der Waals surface area contributed by atoms with E-state index in [4.69, 9.17) is 14.2 Å². The van der Waals surface area contributed by atoms with Crippen molar-refractivity contribution < 1.29 is 23.8 Å². The van der Waals surface area contributed by atoms with Gasteiger partial charge in [-0.3, -0.25) is 9.59 Å². The maximum Gasteiger partial charge on any atom is 0.306 e. The molecule has 0 aliphatic carbocycles. The normalized spacial score (nSPS) is 13.3. The summed E-state index contributed by atoms with van der Waals surface area (Å²) in [4.78, 5) is 25.3. The van der Waals surface area contributed by atoms with Crippen LogP contribution in [0.25, 0.3) is 0 Å².